The van der Waals surface area contributed by atoms with Crippen molar-refractivity contribution in [1.82, 2.24) is 30.0 Å². The van der Waals surface area contributed by atoms with Gasteiger partial charge in [-0.15, -0.1) is 11.3 Å². The molecule has 182 valence electrons. The summed E-state index contributed by atoms with van der Waals surface area (Å²) in [5.74, 6) is 2.23. The van der Waals surface area contributed by atoms with Crippen molar-refractivity contribution in [1.29, 1.82) is 0 Å². The molecule has 8 nitrogen and oxygen atoms in total. The van der Waals surface area contributed by atoms with Crippen LogP contribution in [0.25, 0.3) is 10.2 Å². The molecule has 0 aliphatic carbocycles. The Bertz CT molecular complexity index is 1290. The van der Waals surface area contributed by atoms with Crippen LogP contribution >= 0.6 is 23.1 Å². The molecule has 2 aliphatic rings. The number of fused-ring (bicyclic) bond motifs is 3. The summed E-state index contributed by atoms with van der Waals surface area (Å²) < 4.78 is 1.16. The molecule has 4 aromatic heterocycles. The van der Waals surface area contributed by atoms with Crippen molar-refractivity contribution in [3.05, 3.63) is 42.4 Å². The first-order chi connectivity index (χ1) is 17.1. The summed E-state index contributed by atoms with van der Waals surface area (Å²) in [4.78, 5) is 18.9. The third-order valence-electron chi connectivity index (χ3n) is 7.00. The van der Waals surface area contributed by atoms with Gasteiger partial charge < -0.3 is 10.6 Å². The Kier molecular flexibility index (Phi) is 6.34. The molecule has 2 bridgehead atoms. The average Bonchev–Trinajstić information content (AvgIpc) is 3.44. The van der Waals surface area contributed by atoms with E-state index in [1.54, 1.807) is 29.3 Å². The van der Waals surface area contributed by atoms with Gasteiger partial charge in [0.2, 0.25) is 5.95 Å². The molecule has 2 saturated heterocycles. The predicted molar refractivity (Wildman–Crippen MR) is 143 cm³/mol. The number of pyridine rings is 1. The highest BCUT2D eigenvalue weighted by atomic mass is 32.2. The fraction of sp³-hybridized carbons (Fsp3) is 0.440. The number of nitrogens with zero attached hydrogens (tertiary/aromatic N) is 5. The van der Waals surface area contributed by atoms with Crippen LogP contribution < -0.4 is 10.6 Å². The highest BCUT2D eigenvalue weighted by Gasteiger charge is 2.37. The first-order valence-corrected chi connectivity index (χ1v) is 14.0. The number of thiophene rings is 1. The van der Waals surface area contributed by atoms with Crippen LogP contribution in [0.1, 0.15) is 44.7 Å². The van der Waals surface area contributed by atoms with E-state index in [1.165, 1.54) is 19.3 Å². The van der Waals surface area contributed by atoms with Gasteiger partial charge in [0.25, 0.3) is 0 Å². The molecular formula is C25H30N8S2. The fourth-order valence-corrected chi connectivity index (χ4v) is 7.66. The molecular weight excluding hydrogens is 476 g/mol. The number of hydrogen-bond donors (Lipinski definition) is 3. The quantitative estimate of drug-likeness (QED) is 0.288. The van der Waals surface area contributed by atoms with E-state index in [1.807, 2.05) is 25.3 Å². The van der Waals surface area contributed by atoms with Crippen molar-refractivity contribution in [3.63, 3.8) is 0 Å². The van der Waals surface area contributed by atoms with E-state index in [0.717, 1.165) is 56.0 Å². The number of H-pyrrole nitrogens is 1. The fourth-order valence-electron chi connectivity index (χ4n) is 5.53. The third kappa shape index (κ3) is 4.87. The van der Waals surface area contributed by atoms with Gasteiger partial charge in [0.15, 0.2) is 5.82 Å². The van der Waals surface area contributed by atoms with Crippen LogP contribution in [-0.4, -0.2) is 54.7 Å². The zero-order valence-electron chi connectivity index (χ0n) is 20.0. The molecule has 4 aromatic rings. The molecule has 6 rings (SSSR count). The Balaban J connectivity index is 1.30. The SMILES string of the molecule is CCN1[C@@H]2CCC[C@H]1C[C@H](Nc1nc(Nc3cc(C)[nH]n3)c3cc(Sc4cccnc4)sc3n1)C2. The molecule has 0 saturated carbocycles. The highest BCUT2D eigenvalue weighted by molar-refractivity contribution is 8.01. The molecule has 2 fully saturated rings. The van der Waals surface area contributed by atoms with Crippen molar-refractivity contribution in [2.75, 3.05) is 17.2 Å². The van der Waals surface area contributed by atoms with E-state index in [2.05, 4.69) is 49.8 Å². The minimum Gasteiger partial charge on any atom is -0.351 e. The van der Waals surface area contributed by atoms with Crippen molar-refractivity contribution < 1.29 is 0 Å². The van der Waals surface area contributed by atoms with Gasteiger partial charge in [0.1, 0.15) is 10.6 Å². The van der Waals surface area contributed by atoms with Gasteiger partial charge in [0.05, 0.1) is 9.60 Å². The predicted octanol–water partition coefficient (Wildman–Crippen LogP) is 5.83. The van der Waals surface area contributed by atoms with Crippen LogP contribution in [0.15, 0.2) is 45.8 Å². The van der Waals surface area contributed by atoms with Gasteiger partial charge in [-0.05, 0) is 57.4 Å². The first kappa shape index (κ1) is 22.8. The maximum Gasteiger partial charge on any atom is 0.226 e. The number of rotatable bonds is 7. The van der Waals surface area contributed by atoms with Crippen LogP contribution in [-0.2, 0) is 0 Å². The van der Waals surface area contributed by atoms with Gasteiger partial charge >= 0.3 is 0 Å². The number of aromatic nitrogens is 5. The first-order valence-electron chi connectivity index (χ1n) is 12.4. The summed E-state index contributed by atoms with van der Waals surface area (Å²) in [7, 11) is 0. The van der Waals surface area contributed by atoms with Gasteiger partial charge in [-0.3, -0.25) is 15.0 Å². The Hall–Kier alpha value is -2.69. The van der Waals surface area contributed by atoms with E-state index in [-0.39, 0.29) is 0 Å². The van der Waals surface area contributed by atoms with E-state index in [0.29, 0.717) is 24.1 Å². The summed E-state index contributed by atoms with van der Waals surface area (Å²) >= 11 is 3.39. The number of aryl methyl sites for hydroxylation is 1. The molecule has 6 heterocycles. The standard InChI is InChI=1S/C25H30N8S2/c1-3-33-17-6-4-7-18(33)12-16(11-17)27-25-29-23(28-21-10-15(2)31-32-21)20-13-22(35-24(20)30-25)34-19-8-5-9-26-14-19/h5,8-10,13-14,16-18H,3-4,6-7,11-12H2,1-2H3,(H3,27,28,29,30,31,32)/t16-,17-,18+. The average molecular weight is 507 g/mol. The van der Waals surface area contributed by atoms with E-state index in [9.17, 15) is 0 Å². The Morgan fingerprint density at radius 1 is 1.20 bits per heavy atom. The van der Waals surface area contributed by atoms with Gasteiger partial charge in [0, 0.05) is 47.2 Å². The van der Waals surface area contributed by atoms with Crippen LogP contribution in [0.5, 0.6) is 0 Å². The van der Waals surface area contributed by atoms with Crippen molar-refractivity contribution in [2.24, 2.45) is 0 Å². The molecule has 35 heavy (non-hydrogen) atoms. The topological polar surface area (TPSA) is 94.7 Å². The molecule has 10 heteroatoms. The Morgan fingerprint density at radius 2 is 2.06 bits per heavy atom. The normalized spacial score (nSPS) is 22.4. The molecule has 3 atom stereocenters. The van der Waals surface area contributed by atoms with Gasteiger partial charge in [-0.1, -0.05) is 25.1 Å². The number of aromatic amines is 1. The summed E-state index contributed by atoms with van der Waals surface area (Å²) in [6.45, 7) is 5.43. The van der Waals surface area contributed by atoms with Crippen LogP contribution in [0, 0.1) is 6.92 Å². The van der Waals surface area contributed by atoms with Crippen LogP contribution in [0.4, 0.5) is 17.6 Å². The Morgan fingerprint density at radius 3 is 2.77 bits per heavy atom. The monoisotopic (exact) mass is 506 g/mol. The second kappa shape index (κ2) is 9.75. The number of piperidine rings is 2. The molecule has 0 unspecified atom stereocenters. The minimum absolute atomic E-state index is 0.398. The van der Waals surface area contributed by atoms with E-state index >= 15 is 0 Å². The largest absolute Gasteiger partial charge is 0.351 e. The number of nitrogens with one attached hydrogen (secondary N) is 3. The molecule has 0 amide bonds. The van der Waals surface area contributed by atoms with E-state index in [4.69, 9.17) is 9.97 Å². The second-order valence-electron chi connectivity index (χ2n) is 9.41. The maximum atomic E-state index is 4.96. The number of hydrogen-bond acceptors (Lipinski definition) is 9. The zero-order chi connectivity index (χ0) is 23.8. The van der Waals surface area contributed by atoms with Gasteiger partial charge in [-0.25, -0.2) is 4.98 Å². The highest BCUT2D eigenvalue weighted by Crippen LogP contribution is 2.40. The third-order valence-corrected chi connectivity index (χ3v) is 9.12. The van der Waals surface area contributed by atoms with Crippen molar-refractivity contribution >= 4 is 50.9 Å². The summed E-state index contributed by atoms with van der Waals surface area (Å²) in [6.07, 6.45) is 9.94. The van der Waals surface area contributed by atoms with Crippen LogP contribution in [0.2, 0.25) is 0 Å². The van der Waals surface area contributed by atoms with Gasteiger partial charge in [-0.2, -0.15) is 10.1 Å². The molecule has 2 aliphatic heterocycles. The summed E-state index contributed by atoms with van der Waals surface area (Å²) in [6, 6.07) is 9.92. The maximum absolute atomic E-state index is 4.96. The summed E-state index contributed by atoms with van der Waals surface area (Å²) in [5, 5.41) is 15.5. The zero-order valence-corrected chi connectivity index (χ0v) is 21.6. The summed E-state index contributed by atoms with van der Waals surface area (Å²) in [5.41, 5.74) is 1.00. The molecule has 0 aromatic carbocycles. The van der Waals surface area contributed by atoms with Crippen LogP contribution in [0.3, 0.4) is 0 Å². The lowest BCUT2D eigenvalue weighted by molar-refractivity contribution is 0.0400. The lowest BCUT2D eigenvalue weighted by atomic mass is 9.82. The van der Waals surface area contributed by atoms with Crippen molar-refractivity contribution in [3.8, 4) is 0 Å². The van der Waals surface area contributed by atoms with E-state index < -0.39 is 0 Å². The lowest BCUT2D eigenvalue weighted by Crippen LogP contribution is -2.54. The minimum atomic E-state index is 0.398. The van der Waals surface area contributed by atoms with Crippen molar-refractivity contribution in [2.45, 2.75) is 73.2 Å². The molecule has 3 N–H and O–H groups in total. The number of anilines is 3. The molecule has 0 spiro atoms. The second-order valence-corrected chi connectivity index (χ2v) is 11.8. The molecule has 0 radical (unpaired) electrons. The lowest BCUT2D eigenvalue weighted by Gasteiger charge is -2.48. The smallest absolute Gasteiger partial charge is 0.226 e. The Labute approximate surface area is 213 Å².